The number of nitrogens with one attached hydrogen (secondary N) is 1. The summed E-state index contributed by atoms with van der Waals surface area (Å²) in [6.45, 7) is 1.60. The van der Waals surface area contributed by atoms with E-state index in [-0.39, 0.29) is 23.9 Å². The maximum absolute atomic E-state index is 13.2. The highest BCUT2D eigenvalue weighted by atomic mass is 35.5. The van der Waals surface area contributed by atoms with Crippen LogP contribution in [0.3, 0.4) is 0 Å². The van der Waals surface area contributed by atoms with Crippen molar-refractivity contribution < 1.29 is 9.18 Å². The van der Waals surface area contributed by atoms with Crippen LogP contribution in [0.15, 0.2) is 12.1 Å². The van der Waals surface area contributed by atoms with Crippen LogP contribution >= 0.6 is 23.2 Å². The summed E-state index contributed by atoms with van der Waals surface area (Å²) >= 11 is 11.2. The molecule has 0 aliphatic heterocycles. The smallest absolute Gasteiger partial charge is 0.225 e. The van der Waals surface area contributed by atoms with E-state index in [1.54, 1.807) is 6.92 Å². The van der Waals surface area contributed by atoms with Crippen LogP contribution in [0.2, 0.25) is 5.02 Å². The normalized spacial score (nSPS) is 10.1. The van der Waals surface area contributed by atoms with Crippen LogP contribution in [0.1, 0.15) is 12.0 Å². The fraction of sp³-hybridized carbons (Fsp3) is 0.300. The first-order chi connectivity index (χ1) is 7.04. The molecular weight excluding hydrogens is 240 g/mol. The standard InChI is InChI=1S/C10H10Cl2FNO/c1-6-4-7(12)9(5-8(6)13)14-10(15)2-3-11/h4-5H,2-3H2,1H3,(H,14,15). The Balaban J connectivity index is 2.86. The molecule has 0 atom stereocenters. The van der Waals surface area contributed by atoms with Crippen molar-refractivity contribution in [3.8, 4) is 0 Å². The van der Waals surface area contributed by atoms with Gasteiger partial charge in [0.1, 0.15) is 5.82 Å². The van der Waals surface area contributed by atoms with Gasteiger partial charge in [-0.3, -0.25) is 4.79 Å². The predicted molar refractivity (Wildman–Crippen MR) is 60.1 cm³/mol. The first kappa shape index (κ1) is 12.3. The van der Waals surface area contributed by atoms with Gasteiger partial charge in [0.05, 0.1) is 10.7 Å². The van der Waals surface area contributed by atoms with Crippen molar-refractivity contribution in [1.29, 1.82) is 0 Å². The van der Waals surface area contributed by atoms with Crippen molar-refractivity contribution in [3.05, 3.63) is 28.5 Å². The number of halogens is 3. The minimum atomic E-state index is -0.402. The summed E-state index contributed by atoms with van der Waals surface area (Å²) in [7, 11) is 0. The molecule has 0 spiro atoms. The summed E-state index contributed by atoms with van der Waals surface area (Å²) in [6, 6.07) is 2.66. The highest BCUT2D eigenvalue weighted by Gasteiger charge is 2.08. The van der Waals surface area contributed by atoms with E-state index >= 15 is 0 Å². The third kappa shape index (κ3) is 3.36. The number of carbonyl (C=O) groups is 1. The van der Waals surface area contributed by atoms with Crippen LogP contribution in [-0.2, 0) is 4.79 Å². The molecule has 0 aromatic heterocycles. The van der Waals surface area contributed by atoms with Crippen molar-refractivity contribution in [2.75, 3.05) is 11.2 Å². The molecule has 0 radical (unpaired) electrons. The Kier molecular flexibility index (Phi) is 4.36. The Labute approximate surface area is 97.4 Å². The molecule has 0 unspecified atom stereocenters. The van der Waals surface area contributed by atoms with Gasteiger partial charge in [-0.15, -0.1) is 11.6 Å². The zero-order valence-corrected chi connectivity index (χ0v) is 9.62. The molecule has 2 nitrogen and oxygen atoms in total. The molecule has 0 saturated heterocycles. The van der Waals surface area contributed by atoms with Crippen LogP contribution in [-0.4, -0.2) is 11.8 Å². The first-order valence-electron chi connectivity index (χ1n) is 4.36. The summed E-state index contributed by atoms with van der Waals surface area (Å²) < 4.78 is 13.2. The molecule has 1 rings (SSSR count). The van der Waals surface area contributed by atoms with Gasteiger partial charge < -0.3 is 5.32 Å². The maximum Gasteiger partial charge on any atom is 0.225 e. The quantitative estimate of drug-likeness (QED) is 0.819. The fourth-order valence-corrected chi connectivity index (χ4v) is 1.48. The zero-order valence-electron chi connectivity index (χ0n) is 8.11. The molecule has 5 heteroatoms. The average Bonchev–Trinajstić information content (AvgIpc) is 2.14. The number of carbonyl (C=O) groups excluding carboxylic acids is 1. The lowest BCUT2D eigenvalue weighted by molar-refractivity contribution is -0.115. The van der Waals surface area contributed by atoms with Crippen molar-refractivity contribution in [3.63, 3.8) is 0 Å². The Morgan fingerprint density at radius 1 is 1.53 bits per heavy atom. The Hall–Kier alpha value is -0.800. The monoisotopic (exact) mass is 249 g/mol. The first-order valence-corrected chi connectivity index (χ1v) is 5.27. The molecule has 0 saturated carbocycles. The lowest BCUT2D eigenvalue weighted by Gasteiger charge is -2.07. The van der Waals surface area contributed by atoms with Crippen LogP contribution < -0.4 is 5.32 Å². The van der Waals surface area contributed by atoms with Crippen molar-refractivity contribution in [2.24, 2.45) is 0 Å². The Morgan fingerprint density at radius 3 is 2.80 bits per heavy atom. The molecule has 0 bridgehead atoms. The van der Waals surface area contributed by atoms with Gasteiger partial charge in [0, 0.05) is 12.3 Å². The second kappa shape index (κ2) is 5.33. The molecular formula is C10H10Cl2FNO. The number of aryl methyl sites for hydroxylation is 1. The van der Waals surface area contributed by atoms with E-state index in [0.29, 0.717) is 10.6 Å². The minimum absolute atomic E-state index is 0.174. The third-order valence-electron chi connectivity index (χ3n) is 1.84. The summed E-state index contributed by atoms with van der Waals surface area (Å²) in [6.07, 6.45) is 0.174. The summed E-state index contributed by atoms with van der Waals surface area (Å²) in [5.41, 5.74) is 0.713. The van der Waals surface area contributed by atoms with Gasteiger partial charge in [0.2, 0.25) is 5.91 Å². The number of rotatable bonds is 3. The zero-order chi connectivity index (χ0) is 11.4. The van der Waals surface area contributed by atoms with Gasteiger partial charge in [-0.05, 0) is 24.6 Å². The summed E-state index contributed by atoms with van der Waals surface area (Å²) in [4.78, 5) is 11.2. The average molecular weight is 250 g/mol. The van der Waals surface area contributed by atoms with E-state index < -0.39 is 5.82 Å². The molecule has 0 heterocycles. The van der Waals surface area contributed by atoms with E-state index in [9.17, 15) is 9.18 Å². The topological polar surface area (TPSA) is 29.1 Å². The molecule has 1 aromatic carbocycles. The van der Waals surface area contributed by atoms with Crippen molar-refractivity contribution in [2.45, 2.75) is 13.3 Å². The molecule has 0 aliphatic rings. The van der Waals surface area contributed by atoms with Gasteiger partial charge in [-0.1, -0.05) is 11.6 Å². The van der Waals surface area contributed by atoms with Crippen molar-refractivity contribution >= 4 is 34.8 Å². The molecule has 1 N–H and O–H groups in total. The van der Waals surface area contributed by atoms with E-state index in [1.807, 2.05) is 0 Å². The highest BCUT2D eigenvalue weighted by molar-refractivity contribution is 6.33. The number of alkyl halides is 1. The maximum atomic E-state index is 13.2. The van der Waals surface area contributed by atoms with Gasteiger partial charge in [-0.2, -0.15) is 0 Å². The van der Waals surface area contributed by atoms with Gasteiger partial charge >= 0.3 is 0 Å². The van der Waals surface area contributed by atoms with E-state index in [1.165, 1.54) is 12.1 Å². The second-order valence-corrected chi connectivity index (χ2v) is 3.85. The molecule has 1 aromatic rings. The summed E-state index contributed by atoms with van der Waals surface area (Å²) in [5.74, 6) is -0.464. The van der Waals surface area contributed by atoms with E-state index in [2.05, 4.69) is 5.32 Å². The SMILES string of the molecule is Cc1cc(Cl)c(NC(=O)CCCl)cc1F. The van der Waals surface area contributed by atoms with Crippen LogP contribution in [0, 0.1) is 12.7 Å². The van der Waals surface area contributed by atoms with Crippen molar-refractivity contribution in [1.82, 2.24) is 0 Å². The molecule has 0 fully saturated rings. The molecule has 1 amide bonds. The van der Waals surface area contributed by atoms with Crippen LogP contribution in [0.5, 0.6) is 0 Å². The lowest BCUT2D eigenvalue weighted by Crippen LogP contribution is -2.12. The van der Waals surface area contributed by atoms with Gasteiger partial charge in [0.25, 0.3) is 0 Å². The van der Waals surface area contributed by atoms with Gasteiger partial charge in [0.15, 0.2) is 0 Å². The highest BCUT2D eigenvalue weighted by Crippen LogP contribution is 2.25. The Bertz CT molecular complexity index is 382. The number of anilines is 1. The van der Waals surface area contributed by atoms with Crippen LogP contribution in [0.4, 0.5) is 10.1 Å². The number of benzene rings is 1. The van der Waals surface area contributed by atoms with E-state index in [0.717, 1.165) is 0 Å². The van der Waals surface area contributed by atoms with Gasteiger partial charge in [-0.25, -0.2) is 4.39 Å². The van der Waals surface area contributed by atoms with E-state index in [4.69, 9.17) is 23.2 Å². The summed E-state index contributed by atoms with van der Waals surface area (Å²) in [5, 5.41) is 2.80. The fourth-order valence-electron chi connectivity index (χ4n) is 1.04. The molecule has 15 heavy (non-hydrogen) atoms. The number of hydrogen-bond acceptors (Lipinski definition) is 1. The number of hydrogen-bond donors (Lipinski definition) is 1. The van der Waals surface area contributed by atoms with Crippen LogP contribution in [0.25, 0.3) is 0 Å². The molecule has 0 aliphatic carbocycles. The minimum Gasteiger partial charge on any atom is -0.325 e. The molecule has 82 valence electrons. The lowest BCUT2D eigenvalue weighted by atomic mass is 10.2. The second-order valence-electron chi connectivity index (χ2n) is 3.07. The Morgan fingerprint density at radius 2 is 2.20 bits per heavy atom. The third-order valence-corrected chi connectivity index (χ3v) is 2.35. The number of amides is 1. The largest absolute Gasteiger partial charge is 0.325 e. The predicted octanol–water partition coefficient (Wildman–Crippen LogP) is 3.35.